The van der Waals surface area contributed by atoms with Gasteiger partial charge < -0.3 is 10.5 Å². The van der Waals surface area contributed by atoms with Gasteiger partial charge in [-0.05, 0) is 37.0 Å². The van der Waals surface area contributed by atoms with Gasteiger partial charge in [-0.15, -0.1) is 0 Å². The average Bonchev–Trinajstić information content (AvgIpc) is 2.89. The standard InChI is InChI=1S/C16H22ClN3O/c1-3-7-20-11-15(10-19-20)21-16-9-13(17)6-5-12(16)8-14(18)4-2/h5-6,9-11,14H,3-4,7-8,18H2,1-2H3. The SMILES string of the molecule is CCCn1cc(Oc2cc(Cl)ccc2CC(N)CC)cn1. The van der Waals surface area contributed by atoms with Crippen LogP contribution in [0.25, 0.3) is 0 Å². The molecule has 1 heterocycles. The van der Waals surface area contributed by atoms with E-state index in [0.717, 1.165) is 42.9 Å². The highest BCUT2D eigenvalue weighted by molar-refractivity contribution is 6.30. The minimum absolute atomic E-state index is 0.122. The van der Waals surface area contributed by atoms with Crippen molar-refractivity contribution in [3.63, 3.8) is 0 Å². The van der Waals surface area contributed by atoms with E-state index < -0.39 is 0 Å². The van der Waals surface area contributed by atoms with Gasteiger partial charge >= 0.3 is 0 Å². The van der Waals surface area contributed by atoms with Crippen LogP contribution < -0.4 is 10.5 Å². The van der Waals surface area contributed by atoms with E-state index in [9.17, 15) is 0 Å². The van der Waals surface area contributed by atoms with Crippen molar-refractivity contribution in [1.82, 2.24) is 9.78 Å². The number of hydrogen-bond donors (Lipinski definition) is 1. The molecule has 1 aromatic heterocycles. The van der Waals surface area contributed by atoms with E-state index in [1.807, 2.05) is 29.1 Å². The van der Waals surface area contributed by atoms with Crippen LogP contribution in [0.2, 0.25) is 5.02 Å². The molecule has 0 aliphatic heterocycles. The number of benzene rings is 1. The normalized spacial score (nSPS) is 12.4. The van der Waals surface area contributed by atoms with Crippen molar-refractivity contribution in [2.24, 2.45) is 5.73 Å². The van der Waals surface area contributed by atoms with Crippen LogP contribution in [-0.2, 0) is 13.0 Å². The second-order valence-electron chi connectivity index (χ2n) is 5.17. The summed E-state index contributed by atoms with van der Waals surface area (Å²) in [4.78, 5) is 0. The Balaban J connectivity index is 2.18. The van der Waals surface area contributed by atoms with Crippen LogP contribution in [0.3, 0.4) is 0 Å². The maximum atomic E-state index is 6.08. The Labute approximate surface area is 130 Å². The van der Waals surface area contributed by atoms with E-state index >= 15 is 0 Å². The second-order valence-corrected chi connectivity index (χ2v) is 5.60. The molecule has 21 heavy (non-hydrogen) atoms. The van der Waals surface area contributed by atoms with Crippen LogP contribution in [0, 0.1) is 0 Å². The molecule has 0 radical (unpaired) electrons. The molecule has 0 saturated heterocycles. The molecule has 0 spiro atoms. The quantitative estimate of drug-likeness (QED) is 0.840. The first kappa shape index (κ1) is 15.9. The number of ether oxygens (including phenoxy) is 1. The van der Waals surface area contributed by atoms with E-state index in [2.05, 4.69) is 18.9 Å². The number of nitrogens with zero attached hydrogens (tertiary/aromatic N) is 2. The molecule has 1 aromatic carbocycles. The van der Waals surface area contributed by atoms with Crippen molar-refractivity contribution >= 4 is 11.6 Å². The number of rotatable bonds is 7. The Morgan fingerprint density at radius 1 is 1.38 bits per heavy atom. The van der Waals surface area contributed by atoms with Crippen LogP contribution in [0.1, 0.15) is 32.3 Å². The van der Waals surface area contributed by atoms with Gasteiger partial charge in [-0.25, -0.2) is 0 Å². The number of aromatic nitrogens is 2. The topological polar surface area (TPSA) is 53.1 Å². The number of halogens is 1. The molecule has 1 atom stereocenters. The third kappa shape index (κ3) is 4.48. The van der Waals surface area contributed by atoms with Gasteiger partial charge in [0.15, 0.2) is 5.75 Å². The Bertz CT molecular complexity index is 583. The lowest BCUT2D eigenvalue weighted by Gasteiger charge is -2.13. The molecule has 5 heteroatoms. The second kappa shape index (κ2) is 7.48. The number of hydrogen-bond acceptors (Lipinski definition) is 3. The Kier molecular flexibility index (Phi) is 5.65. The lowest BCUT2D eigenvalue weighted by Crippen LogP contribution is -2.21. The highest BCUT2D eigenvalue weighted by Crippen LogP contribution is 2.29. The van der Waals surface area contributed by atoms with Crippen LogP contribution in [0.15, 0.2) is 30.6 Å². The van der Waals surface area contributed by atoms with Crippen molar-refractivity contribution in [3.05, 3.63) is 41.2 Å². The Morgan fingerprint density at radius 2 is 2.19 bits per heavy atom. The van der Waals surface area contributed by atoms with E-state index in [1.54, 1.807) is 6.20 Å². The molecule has 0 aliphatic rings. The zero-order valence-electron chi connectivity index (χ0n) is 12.6. The lowest BCUT2D eigenvalue weighted by molar-refractivity contribution is 0.470. The summed E-state index contributed by atoms with van der Waals surface area (Å²) < 4.78 is 7.81. The van der Waals surface area contributed by atoms with Crippen LogP contribution >= 0.6 is 11.6 Å². The minimum atomic E-state index is 0.122. The minimum Gasteiger partial charge on any atom is -0.454 e. The molecular formula is C16H22ClN3O. The maximum Gasteiger partial charge on any atom is 0.165 e. The van der Waals surface area contributed by atoms with Gasteiger partial charge in [-0.3, -0.25) is 4.68 Å². The van der Waals surface area contributed by atoms with Crippen LogP contribution in [0.4, 0.5) is 0 Å². The average molecular weight is 308 g/mol. The fourth-order valence-electron chi connectivity index (χ4n) is 2.09. The molecule has 0 fully saturated rings. The highest BCUT2D eigenvalue weighted by atomic mass is 35.5. The molecule has 0 bridgehead atoms. The Morgan fingerprint density at radius 3 is 2.90 bits per heavy atom. The van der Waals surface area contributed by atoms with E-state index in [-0.39, 0.29) is 6.04 Å². The highest BCUT2D eigenvalue weighted by Gasteiger charge is 2.10. The zero-order chi connectivity index (χ0) is 15.2. The zero-order valence-corrected chi connectivity index (χ0v) is 13.3. The van der Waals surface area contributed by atoms with E-state index in [4.69, 9.17) is 22.1 Å². The van der Waals surface area contributed by atoms with Gasteiger partial charge in [0.25, 0.3) is 0 Å². The van der Waals surface area contributed by atoms with Crippen molar-refractivity contribution < 1.29 is 4.74 Å². The molecule has 2 rings (SSSR count). The molecular weight excluding hydrogens is 286 g/mol. The van der Waals surface area contributed by atoms with E-state index in [0.29, 0.717) is 5.02 Å². The molecule has 4 nitrogen and oxygen atoms in total. The maximum absolute atomic E-state index is 6.08. The fourth-order valence-corrected chi connectivity index (χ4v) is 2.26. The summed E-state index contributed by atoms with van der Waals surface area (Å²) in [5, 5.41) is 4.92. The molecule has 0 saturated carbocycles. The monoisotopic (exact) mass is 307 g/mol. The van der Waals surface area contributed by atoms with Gasteiger partial charge in [-0.1, -0.05) is 31.5 Å². The van der Waals surface area contributed by atoms with Gasteiger partial charge in [-0.2, -0.15) is 5.10 Å². The summed E-state index contributed by atoms with van der Waals surface area (Å²) in [5.41, 5.74) is 7.11. The summed E-state index contributed by atoms with van der Waals surface area (Å²) in [7, 11) is 0. The van der Waals surface area contributed by atoms with Crippen LogP contribution in [-0.4, -0.2) is 15.8 Å². The van der Waals surface area contributed by atoms with Gasteiger partial charge in [0.1, 0.15) is 5.75 Å². The summed E-state index contributed by atoms with van der Waals surface area (Å²) in [6.45, 7) is 5.08. The molecule has 0 aliphatic carbocycles. The van der Waals surface area contributed by atoms with Crippen molar-refractivity contribution in [1.29, 1.82) is 0 Å². The predicted octanol–water partition coefficient (Wildman–Crippen LogP) is 4.02. The largest absolute Gasteiger partial charge is 0.454 e. The van der Waals surface area contributed by atoms with Crippen LogP contribution in [0.5, 0.6) is 11.5 Å². The van der Waals surface area contributed by atoms with Gasteiger partial charge in [0, 0.05) is 17.6 Å². The summed E-state index contributed by atoms with van der Waals surface area (Å²) in [6, 6.07) is 5.79. The summed E-state index contributed by atoms with van der Waals surface area (Å²) in [6.07, 6.45) is 6.35. The Hall–Kier alpha value is -1.52. The van der Waals surface area contributed by atoms with Crippen molar-refractivity contribution in [2.75, 3.05) is 0 Å². The van der Waals surface area contributed by atoms with E-state index in [1.165, 1.54) is 0 Å². The summed E-state index contributed by atoms with van der Waals surface area (Å²) >= 11 is 6.08. The fraction of sp³-hybridized carbons (Fsp3) is 0.438. The first-order chi connectivity index (χ1) is 10.1. The molecule has 114 valence electrons. The molecule has 0 amide bonds. The summed E-state index contributed by atoms with van der Waals surface area (Å²) in [5.74, 6) is 1.47. The predicted molar refractivity (Wildman–Crippen MR) is 86.0 cm³/mol. The first-order valence-electron chi connectivity index (χ1n) is 7.36. The number of aryl methyl sites for hydroxylation is 1. The van der Waals surface area contributed by atoms with Crippen molar-refractivity contribution in [3.8, 4) is 11.5 Å². The third-order valence-electron chi connectivity index (χ3n) is 3.33. The molecule has 2 aromatic rings. The van der Waals surface area contributed by atoms with Crippen molar-refractivity contribution in [2.45, 2.75) is 45.7 Å². The lowest BCUT2D eigenvalue weighted by atomic mass is 10.0. The molecule has 1 unspecified atom stereocenters. The molecule has 2 N–H and O–H groups in total. The van der Waals surface area contributed by atoms with Gasteiger partial charge in [0.2, 0.25) is 0 Å². The number of nitrogens with two attached hydrogens (primary N) is 1. The smallest absolute Gasteiger partial charge is 0.165 e. The third-order valence-corrected chi connectivity index (χ3v) is 3.56. The first-order valence-corrected chi connectivity index (χ1v) is 7.74. The van der Waals surface area contributed by atoms with Gasteiger partial charge in [0.05, 0.1) is 12.4 Å².